The summed E-state index contributed by atoms with van der Waals surface area (Å²) >= 11 is 0. The van der Waals surface area contributed by atoms with Crippen LogP contribution in [0.15, 0.2) is 18.2 Å². The molecular weight excluding hydrogens is 303 g/mol. The van der Waals surface area contributed by atoms with Gasteiger partial charge < -0.3 is 5.32 Å². The van der Waals surface area contributed by atoms with Gasteiger partial charge in [-0.3, -0.25) is 4.90 Å². The van der Waals surface area contributed by atoms with Gasteiger partial charge in [0, 0.05) is 32.2 Å². The van der Waals surface area contributed by atoms with Gasteiger partial charge in [-0.25, -0.2) is 0 Å². The van der Waals surface area contributed by atoms with Crippen molar-refractivity contribution in [3.63, 3.8) is 0 Å². The second kappa shape index (κ2) is 9.68. The Morgan fingerprint density at radius 1 is 1.10 bits per heavy atom. The average Bonchev–Trinajstić information content (AvgIpc) is 2.37. The van der Waals surface area contributed by atoms with Gasteiger partial charge in [-0.05, 0) is 37.3 Å². The van der Waals surface area contributed by atoms with Gasteiger partial charge in [0.05, 0.1) is 0 Å². The molecule has 0 bridgehead atoms. The Labute approximate surface area is 142 Å². The SMILES string of the molecule is Cc1ccc([C@@H](CC(C)C)N2CCNCC2)c(C)c1.Cl.Cl. The molecule has 0 aliphatic carbocycles. The minimum absolute atomic E-state index is 0. The second-order valence-corrected chi connectivity index (χ2v) is 6.29. The smallest absolute Gasteiger partial charge is 0.0354 e. The minimum atomic E-state index is 0. The van der Waals surface area contributed by atoms with E-state index in [-0.39, 0.29) is 24.8 Å². The van der Waals surface area contributed by atoms with Crippen molar-refractivity contribution in [3.05, 3.63) is 34.9 Å². The summed E-state index contributed by atoms with van der Waals surface area (Å²) in [6.07, 6.45) is 1.25. The van der Waals surface area contributed by atoms with Crippen molar-refractivity contribution in [2.24, 2.45) is 5.92 Å². The van der Waals surface area contributed by atoms with Crippen molar-refractivity contribution < 1.29 is 0 Å². The molecule has 2 rings (SSSR count). The normalized spacial score (nSPS) is 17.0. The van der Waals surface area contributed by atoms with E-state index in [1.807, 2.05) is 0 Å². The van der Waals surface area contributed by atoms with Gasteiger partial charge in [-0.15, -0.1) is 24.8 Å². The maximum atomic E-state index is 3.46. The van der Waals surface area contributed by atoms with Crippen LogP contribution in [-0.4, -0.2) is 31.1 Å². The lowest BCUT2D eigenvalue weighted by molar-refractivity contribution is 0.153. The molecule has 1 atom stereocenters. The van der Waals surface area contributed by atoms with E-state index in [1.54, 1.807) is 0 Å². The summed E-state index contributed by atoms with van der Waals surface area (Å²) < 4.78 is 0. The van der Waals surface area contributed by atoms with E-state index in [2.05, 4.69) is 56.1 Å². The number of halogens is 2. The van der Waals surface area contributed by atoms with Gasteiger partial charge in [-0.1, -0.05) is 37.6 Å². The standard InChI is InChI=1S/C17H28N2.2ClH/c1-13(2)11-17(19-9-7-18-8-10-19)16-6-5-14(3)12-15(16)4;;/h5-6,12-13,17-18H,7-11H2,1-4H3;2*1H/t17-;;/m1../s1. The van der Waals surface area contributed by atoms with Gasteiger partial charge in [0.2, 0.25) is 0 Å². The summed E-state index contributed by atoms with van der Waals surface area (Å²) in [7, 11) is 0. The van der Waals surface area contributed by atoms with Crippen LogP contribution in [0.4, 0.5) is 0 Å². The lowest BCUT2D eigenvalue weighted by atomic mass is 9.91. The predicted molar refractivity (Wildman–Crippen MR) is 97.1 cm³/mol. The molecular formula is C17H30Cl2N2. The molecule has 1 aliphatic heterocycles. The van der Waals surface area contributed by atoms with Gasteiger partial charge in [0.1, 0.15) is 0 Å². The fourth-order valence-electron chi connectivity index (χ4n) is 3.11. The van der Waals surface area contributed by atoms with E-state index in [4.69, 9.17) is 0 Å². The molecule has 1 aliphatic rings. The van der Waals surface area contributed by atoms with Crippen LogP contribution in [0.25, 0.3) is 0 Å². The number of hydrogen-bond donors (Lipinski definition) is 1. The number of hydrogen-bond acceptors (Lipinski definition) is 2. The van der Waals surface area contributed by atoms with Crippen LogP contribution >= 0.6 is 24.8 Å². The monoisotopic (exact) mass is 332 g/mol. The van der Waals surface area contributed by atoms with Crippen molar-refractivity contribution in [2.75, 3.05) is 26.2 Å². The summed E-state index contributed by atoms with van der Waals surface area (Å²) in [5.74, 6) is 0.737. The van der Waals surface area contributed by atoms with Crippen LogP contribution in [0.3, 0.4) is 0 Å². The molecule has 1 aromatic carbocycles. The fourth-order valence-corrected chi connectivity index (χ4v) is 3.11. The summed E-state index contributed by atoms with van der Waals surface area (Å²) in [6.45, 7) is 13.7. The Balaban J connectivity index is 0.00000200. The molecule has 1 fully saturated rings. The third-order valence-electron chi connectivity index (χ3n) is 4.07. The highest BCUT2D eigenvalue weighted by atomic mass is 35.5. The lowest BCUT2D eigenvalue weighted by Crippen LogP contribution is -2.45. The first-order chi connectivity index (χ1) is 9.08. The maximum absolute atomic E-state index is 3.46. The van der Waals surface area contributed by atoms with Crippen LogP contribution in [0, 0.1) is 19.8 Å². The second-order valence-electron chi connectivity index (χ2n) is 6.29. The van der Waals surface area contributed by atoms with E-state index in [1.165, 1.54) is 36.2 Å². The van der Waals surface area contributed by atoms with Crippen LogP contribution in [0.2, 0.25) is 0 Å². The van der Waals surface area contributed by atoms with Crippen molar-refractivity contribution in [1.82, 2.24) is 10.2 Å². The van der Waals surface area contributed by atoms with E-state index < -0.39 is 0 Å². The Morgan fingerprint density at radius 3 is 2.24 bits per heavy atom. The number of nitrogens with zero attached hydrogens (tertiary/aromatic N) is 1. The van der Waals surface area contributed by atoms with Gasteiger partial charge in [-0.2, -0.15) is 0 Å². The highest BCUT2D eigenvalue weighted by molar-refractivity contribution is 5.85. The molecule has 0 unspecified atom stereocenters. The number of piperazine rings is 1. The number of benzene rings is 1. The summed E-state index contributed by atoms with van der Waals surface area (Å²) in [4.78, 5) is 2.66. The molecule has 0 amide bonds. The molecule has 21 heavy (non-hydrogen) atoms. The van der Waals surface area contributed by atoms with Crippen LogP contribution in [0.1, 0.15) is 43.0 Å². The summed E-state index contributed by atoms with van der Waals surface area (Å²) in [6, 6.07) is 7.52. The van der Waals surface area contributed by atoms with Gasteiger partial charge in [0.15, 0.2) is 0 Å². The summed E-state index contributed by atoms with van der Waals surface area (Å²) in [5, 5.41) is 3.46. The number of rotatable bonds is 4. The fraction of sp³-hybridized carbons (Fsp3) is 0.647. The third-order valence-corrected chi connectivity index (χ3v) is 4.07. The molecule has 0 radical (unpaired) electrons. The molecule has 2 nitrogen and oxygen atoms in total. The predicted octanol–water partition coefficient (Wildman–Crippen LogP) is 4.14. The lowest BCUT2D eigenvalue weighted by Gasteiger charge is -2.37. The summed E-state index contributed by atoms with van der Waals surface area (Å²) in [5.41, 5.74) is 4.34. The first kappa shape index (κ1) is 20.7. The van der Waals surface area contributed by atoms with Crippen molar-refractivity contribution in [2.45, 2.75) is 40.2 Å². The maximum Gasteiger partial charge on any atom is 0.0354 e. The molecule has 1 aromatic rings. The van der Waals surface area contributed by atoms with E-state index in [0.717, 1.165) is 19.0 Å². The molecule has 0 aromatic heterocycles. The Hall–Kier alpha value is -0.280. The zero-order valence-corrected chi connectivity index (χ0v) is 15.3. The van der Waals surface area contributed by atoms with Crippen LogP contribution in [0.5, 0.6) is 0 Å². The van der Waals surface area contributed by atoms with Crippen molar-refractivity contribution >= 4 is 24.8 Å². The van der Waals surface area contributed by atoms with E-state index >= 15 is 0 Å². The zero-order chi connectivity index (χ0) is 13.8. The van der Waals surface area contributed by atoms with Crippen molar-refractivity contribution in [3.8, 4) is 0 Å². The van der Waals surface area contributed by atoms with Crippen LogP contribution in [-0.2, 0) is 0 Å². The highest BCUT2D eigenvalue weighted by Crippen LogP contribution is 2.30. The molecule has 122 valence electrons. The van der Waals surface area contributed by atoms with Crippen LogP contribution < -0.4 is 5.32 Å². The van der Waals surface area contributed by atoms with Gasteiger partial charge >= 0.3 is 0 Å². The Bertz CT molecular complexity index is 415. The molecule has 0 spiro atoms. The van der Waals surface area contributed by atoms with E-state index in [9.17, 15) is 0 Å². The molecule has 0 saturated carbocycles. The highest BCUT2D eigenvalue weighted by Gasteiger charge is 2.24. The first-order valence-corrected chi connectivity index (χ1v) is 7.60. The molecule has 1 saturated heterocycles. The molecule has 4 heteroatoms. The third kappa shape index (κ3) is 5.78. The zero-order valence-electron chi connectivity index (χ0n) is 13.7. The minimum Gasteiger partial charge on any atom is -0.314 e. The van der Waals surface area contributed by atoms with Crippen molar-refractivity contribution in [1.29, 1.82) is 0 Å². The topological polar surface area (TPSA) is 15.3 Å². The number of aryl methyl sites for hydroxylation is 2. The Morgan fingerprint density at radius 2 is 1.71 bits per heavy atom. The Kier molecular flexibility index (Phi) is 9.55. The van der Waals surface area contributed by atoms with Gasteiger partial charge in [0.25, 0.3) is 0 Å². The number of nitrogens with one attached hydrogen (secondary N) is 1. The van der Waals surface area contributed by atoms with E-state index in [0.29, 0.717) is 6.04 Å². The molecule has 1 N–H and O–H groups in total. The quantitative estimate of drug-likeness (QED) is 0.891. The largest absolute Gasteiger partial charge is 0.314 e. The molecule has 1 heterocycles. The first-order valence-electron chi connectivity index (χ1n) is 7.60. The average molecular weight is 333 g/mol.